The lowest BCUT2D eigenvalue weighted by molar-refractivity contribution is -0.145. The zero-order chi connectivity index (χ0) is 20.6. The minimum absolute atomic E-state index is 0.134. The maximum absolute atomic E-state index is 12.4. The number of nitrogens with one attached hydrogen (secondary N) is 1. The summed E-state index contributed by atoms with van der Waals surface area (Å²) in [7, 11) is 0. The molecule has 2 aromatic carbocycles. The Labute approximate surface area is 173 Å². The second-order valence-corrected chi connectivity index (χ2v) is 7.36. The van der Waals surface area contributed by atoms with Crippen LogP contribution in [-0.4, -0.2) is 30.1 Å². The van der Waals surface area contributed by atoms with Crippen LogP contribution in [0.4, 0.5) is 5.69 Å². The summed E-state index contributed by atoms with van der Waals surface area (Å²) in [5.74, 6) is -0.0817. The molecule has 1 amide bonds. The highest BCUT2D eigenvalue weighted by atomic mass is 32.1. The Kier molecular flexibility index (Phi) is 6.97. The molecule has 0 aliphatic carbocycles. The molecule has 29 heavy (non-hydrogen) atoms. The number of hydrogen-bond donors (Lipinski definition) is 1. The number of carbonyl (C=O) groups is 2. The average molecular weight is 410 g/mol. The fourth-order valence-electron chi connectivity index (χ4n) is 2.69. The quantitative estimate of drug-likeness (QED) is 0.562. The van der Waals surface area contributed by atoms with Crippen molar-refractivity contribution < 1.29 is 19.1 Å². The van der Waals surface area contributed by atoms with Crippen LogP contribution in [-0.2, 0) is 20.7 Å². The van der Waals surface area contributed by atoms with Crippen molar-refractivity contribution in [2.45, 2.75) is 20.3 Å². The molecular weight excluding hydrogens is 388 g/mol. The predicted molar refractivity (Wildman–Crippen MR) is 113 cm³/mol. The second-order valence-electron chi connectivity index (χ2n) is 6.30. The van der Waals surface area contributed by atoms with Gasteiger partial charge < -0.3 is 14.8 Å². The van der Waals surface area contributed by atoms with Gasteiger partial charge in [-0.05, 0) is 31.5 Å². The third-order valence-corrected chi connectivity index (χ3v) is 4.79. The van der Waals surface area contributed by atoms with Gasteiger partial charge in [0.2, 0.25) is 5.91 Å². The number of rotatable bonds is 8. The maximum atomic E-state index is 12.4. The molecule has 1 aromatic heterocycles. The van der Waals surface area contributed by atoms with E-state index < -0.39 is 5.97 Å². The molecule has 0 saturated heterocycles. The summed E-state index contributed by atoms with van der Waals surface area (Å²) in [6.45, 7) is 3.85. The minimum atomic E-state index is -0.432. The first kappa shape index (κ1) is 20.5. The van der Waals surface area contributed by atoms with Crippen LogP contribution in [0.3, 0.4) is 0 Å². The topological polar surface area (TPSA) is 77.5 Å². The molecule has 0 atom stereocenters. The average Bonchev–Trinajstić information content (AvgIpc) is 3.14. The van der Waals surface area contributed by atoms with Gasteiger partial charge in [-0.2, -0.15) is 0 Å². The van der Waals surface area contributed by atoms with E-state index in [9.17, 15) is 9.59 Å². The number of benzene rings is 2. The molecule has 0 unspecified atom stereocenters. The molecule has 1 heterocycles. The van der Waals surface area contributed by atoms with Crippen LogP contribution in [0.1, 0.15) is 17.5 Å². The van der Waals surface area contributed by atoms with E-state index in [1.807, 2.05) is 36.6 Å². The summed E-state index contributed by atoms with van der Waals surface area (Å²) in [6.07, 6.45) is 0.254. The van der Waals surface area contributed by atoms with Gasteiger partial charge in [0.1, 0.15) is 5.75 Å². The maximum Gasteiger partial charge on any atom is 0.344 e. The molecule has 0 saturated carbocycles. The van der Waals surface area contributed by atoms with Gasteiger partial charge in [-0.25, -0.2) is 9.78 Å². The fourth-order valence-corrected chi connectivity index (χ4v) is 3.31. The number of thiazole rings is 1. The summed E-state index contributed by atoms with van der Waals surface area (Å²) in [4.78, 5) is 28.2. The summed E-state index contributed by atoms with van der Waals surface area (Å²) in [6, 6.07) is 14.7. The molecule has 0 aliphatic heterocycles. The van der Waals surface area contributed by atoms with E-state index in [2.05, 4.69) is 10.3 Å². The Morgan fingerprint density at radius 2 is 1.93 bits per heavy atom. The Bertz CT molecular complexity index is 982. The highest BCUT2D eigenvalue weighted by molar-refractivity contribution is 7.09. The van der Waals surface area contributed by atoms with Crippen molar-refractivity contribution >= 4 is 28.9 Å². The van der Waals surface area contributed by atoms with Crippen LogP contribution >= 0.6 is 11.3 Å². The molecule has 0 radical (unpaired) electrons. The van der Waals surface area contributed by atoms with Gasteiger partial charge in [-0.15, -0.1) is 11.3 Å². The third kappa shape index (κ3) is 6.15. The first-order valence-electron chi connectivity index (χ1n) is 9.23. The van der Waals surface area contributed by atoms with Crippen molar-refractivity contribution in [3.63, 3.8) is 0 Å². The molecule has 3 aromatic rings. The first-order valence-corrected chi connectivity index (χ1v) is 10.1. The van der Waals surface area contributed by atoms with Crippen molar-refractivity contribution in [2.75, 3.05) is 18.5 Å². The van der Waals surface area contributed by atoms with E-state index in [0.29, 0.717) is 18.0 Å². The number of aryl methyl sites for hydroxylation is 1. The number of esters is 1. The largest absolute Gasteiger partial charge is 0.482 e. The van der Waals surface area contributed by atoms with Crippen LogP contribution in [0.2, 0.25) is 0 Å². The summed E-state index contributed by atoms with van der Waals surface area (Å²) >= 11 is 1.61. The van der Waals surface area contributed by atoms with E-state index in [4.69, 9.17) is 9.47 Å². The molecule has 0 fully saturated rings. The van der Waals surface area contributed by atoms with Crippen molar-refractivity contribution in [3.8, 4) is 17.0 Å². The number of amides is 1. The molecule has 1 N–H and O–H groups in total. The lowest BCUT2D eigenvalue weighted by Crippen LogP contribution is -2.16. The fraction of sp³-hybridized carbons (Fsp3) is 0.227. The number of anilines is 1. The summed E-state index contributed by atoms with van der Waals surface area (Å²) in [5.41, 5.74) is 3.49. The highest BCUT2D eigenvalue weighted by Gasteiger charge is 2.08. The first-order chi connectivity index (χ1) is 14.0. The Morgan fingerprint density at radius 1 is 1.14 bits per heavy atom. The van der Waals surface area contributed by atoms with Gasteiger partial charge in [0.25, 0.3) is 0 Å². The predicted octanol–water partition coefficient (Wildman–Crippen LogP) is 4.24. The lowest BCUT2D eigenvalue weighted by Gasteiger charge is -2.09. The number of nitrogens with zero attached hydrogens (tertiary/aromatic N) is 1. The minimum Gasteiger partial charge on any atom is -0.482 e. The van der Waals surface area contributed by atoms with Crippen LogP contribution < -0.4 is 10.1 Å². The normalized spacial score (nSPS) is 10.4. The Hall–Kier alpha value is -3.19. The van der Waals surface area contributed by atoms with Crippen LogP contribution in [0.15, 0.2) is 53.9 Å². The second kappa shape index (κ2) is 9.84. The van der Waals surface area contributed by atoms with Crippen molar-refractivity contribution in [2.24, 2.45) is 0 Å². The molecule has 7 heteroatoms. The zero-order valence-corrected chi connectivity index (χ0v) is 17.1. The van der Waals surface area contributed by atoms with E-state index in [1.165, 1.54) is 0 Å². The molecule has 0 aliphatic rings. The van der Waals surface area contributed by atoms with Crippen LogP contribution in [0.25, 0.3) is 11.3 Å². The smallest absolute Gasteiger partial charge is 0.344 e. The molecular formula is C22H22N2O4S. The number of hydrogen-bond acceptors (Lipinski definition) is 6. The summed E-state index contributed by atoms with van der Waals surface area (Å²) in [5, 5.41) is 5.89. The van der Waals surface area contributed by atoms with Gasteiger partial charge in [0.15, 0.2) is 6.61 Å². The van der Waals surface area contributed by atoms with Crippen LogP contribution in [0.5, 0.6) is 5.75 Å². The lowest BCUT2D eigenvalue weighted by atomic mass is 10.1. The van der Waals surface area contributed by atoms with Gasteiger partial charge in [0.05, 0.1) is 23.7 Å². The van der Waals surface area contributed by atoms with Gasteiger partial charge in [-0.3, -0.25) is 4.79 Å². The highest BCUT2D eigenvalue weighted by Crippen LogP contribution is 2.22. The van der Waals surface area contributed by atoms with E-state index in [0.717, 1.165) is 21.8 Å². The Morgan fingerprint density at radius 3 is 2.62 bits per heavy atom. The standard InChI is InChI=1S/C22H22N2O4S/c1-3-27-22(26)13-28-19-6-4-5-18(12-19)24-21(25)11-16-7-9-17(10-8-16)20-14-29-15(2)23-20/h4-10,12,14H,3,11,13H2,1-2H3,(H,24,25). The number of ether oxygens (including phenoxy) is 2. The third-order valence-electron chi connectivity index (χ3n) is 4.01. The monoisotopic (exact) mass is 410 g/mol. The Balaban J connectivity index is 1.55. The van der Waals surface area contributed by atoms with E-state index in [-0.39, 0.29) is 18.9 Å². The number of aromatic nitrogens is 1. The zero-order valence-electron chi connectivity index (χ0n) is 16.3. The van der Waals surface area contributed by atoms with Crippen molar-refractivity contribution in [1.29, 1.82) is 0 Å². The van der Waals surface area contributed by atoms with Gasteiger partial charge >= 0.3 is 5.97 Å². The molecule has 3 rings (SSSR count). The molecule has 6 nitrogen and oxygen atoms in total. The molecule has 0 bridgehead atoms. The SMILES string of the molecule is CCOC(=O)COc1cccc(NC(=O)Cc2ccc(-c3csc(C)n3)cc2)c1. The van der Waals surface area contributed by atoms with E-state index in [1.54, 1.807) is 42.5 Å². The molecule has 0 spiro atoms. The molecule has 150 valence electrons. The van der Waals surface area contributed by atoms with Gasteiger partial charge in [-0.1, -0.05) is 30.3 Å². The van der Waals surface area contributed by atoms with Gasteiger partial charge in [0, 0.05) is 22.7 Å². The number of carbonyl (C=O) groups excluding carboxylic acids is 2. The van der Waals surface area contributed by atoms with Crippen LogP contribution in [0, 0.1) is 6.92 Å². The summed E-state index contributed by atoms with van der Waals surface area (Å²) < 4.78 is 10.2. The van der Waals surface area contributed by atoms with E-state index >= 15 is 0 Å². The van der Waals surface area contributed by atoms with Crippen molar-refractivity contribution in [3.05, 3.63) is 64.5 Å². The van der Waals surface area contributed by atoms with Crippen molar-refractivity contribution in [1.82, 2.24) is 4.98 Å².